The quantitative estimate of drug-likeness (QED) is 0.160. The molecule has 256 valence electrons. The molecule has 2 aromatic carbocycles. The molecular weight excluding hydrogens is 658 g/mol. The zero-order valence-electron chi connectivity index (χ0n) is 28.1. The number of carbonyl (C=O) groups is 1. The molecule has 3 N–H and O–H groups in total. The monoisotopic (exact) mass is 699 g/mol. The van der Waals surface area contributed by atoms with Crippen LogP contribution in [0.1, 0.15) is 53.9 Å². The highest BCUT2D eigenvalue weighted by molar-refractivity contribution is 7.16. The van der Waals surface area contributed by atoms with E-state index < -0.39 is 12.0 Å². The van der Waals surface area contributed by atoms with Gasteiger partial charge in [0.1, 0.15) is 45.7 Å². The first-order valence-electron chi connectivity index (χ1n) is 16.8. The van der Waals surface area contributed by atoms with Crippen molar-refractivity contribution in [2.75, 3.05) is 45.6 Å². The number of amides is 1. The summed E-state index contributed by atoms with van der Waals surface area (Å²) < 4.78 is 14.6. The Morgan fingerprint density at radius 3 is 2.41 bits per heavy atom. The molecule has 10 nitrogen and oxygen atoms in total. The van der Waals surface area contributed by atoms with Crippen LogP contribution >= 0.6 is 22.9 Å². The predicted octanol–water partition coefficient (Wildman–Crippen LogP) is 7.02. The Labute approximate surface area is 295 Å². The average molecular weight is 700 g/mol. The number of aromatic nitrogens is 3. The number of benzene rings is 2. The molecule has 5 heterocycles. The van der Waals surface area contributed by atoms with E-state index in [-0.39, 0.29) is 6.10 Å². The molecule has 0 unspecified atom stereocenters. The number of pyridine rings is 1. The summed E-state index contributed by atoms with van der Waals surface area (Å²) in [5.74, 6) is 1.38. The summed E-state index contributed by atoms with van der Waals surface area (Å²) >= 11 is 8.12. The highest BCUT2D eigenvalue weighted by atomic mass is 35.5. The number of nitrogens with one attached hydrogen (secondary N) is 1. The number of imidazole rings is 1. The molecule has 0 spiro atoms. The first-order valence-corrected chi connectivity index (χ1v) is 18.0. The summed E-state index contributed by atoms with van der Waals surface area (Å²) in [5, 5.41) is 4.86. The zero-order valence-corrected chi connectivity index (χ0v) is 29.6. The summed E-state index contributed by atoms with van der Waals surface area (Å²) in [6.45, 7) is 6.09. The predicted molar refractivity (Wildman–Crippen MR) is 196 cm³/mol. The van der Waals surface area contributed by atoms with Gasteiger partial charge >= 0.3 is 0 Å². The number of likely N-dealkylation sites (tertiary alicyclic amines) is 2. The van der Waals surface area contributed by atoms with Gasteiger partial charge in [-0.1, -0.05) is 29.8 Å². The van der Waals surface area contributed by atoms with Crippen LogP contribution in [0, 0.1) is 0 Å². The van der Waals surface area contributed by atoms with E-state index in [1.165, 1.54) is 11.3 Å². The van der Waals surface area contributed by atoms with E-state index in [2.05, 4.69) is 52.4 Å². The van der Waals surface area contributed by atoms with E-state index in [1.807, 2.05) is 54.1 Å². The van der Waals surface area contributed by atoms with E-state index in [0.717, 1.165) is 90.4 Å². The number of ether oxygens (including phenoxy) is 2. The van der Waals surface area contributed by atoms with E-state index in [9.17, 15) is 4.79 Å². The van der Waals surface area contributed by atoms with Crippen molar-refractivity contribution in [3.63, 3.8) is 0 Å². The van der Waals surface area contributed by atoms with E-state index >= 15 is 0 Å². The molecule has 1 amide bonds. The van der Waals surface area contributed by atoms with Crippen LogP contribution in [0.15, 0.2) is 67.1 Å². The summed E-state index contributed by atoms with van der Waals surface area (Å²) in [4.78, 5) is 26.9. The zero-order chi connectivity index (χ0) is 34.1. The smallest absolute Gasteiger partial charge is 0.262 e. The molecule has 2 saturated heterocycles. The van der Waals surface area contributed by atoms with Gasteiger partial charge in [0.15, 0.2) is 0 Å². The van der Waals surface area contributed by atoms with Gasteiger partial charge in [0.05, 0.1) is 16.1 Å². The second-order valence-corrected chi connectivity index (χ2v) is 14.6. The Hall–Kier alpha value is -4.16. The average Bonchev–Trinajstić information content (AvgIpc) is 3.72. The Morgan fingerprint density at radius 2 is 1.69 bits per heavy atom. The number of anilines is 1. The first-order chi connectivity index (χ1) is 23.7. The minimum atomic E-state index is -0.558. The fourth-order valence-electron chi connectivity index (χ4n) is 6.59. The lowest BCUT2D eigenvalue weighted by atomic mass is 10.1. The Balaban J connectivity index is 1.07. The summed E-state index contributed by atoms with van der Waals surface area (Å²) in [6, 6.07) is 18.3. The molecule has 2 aliphatic rings. The number of nitrogens with zero attached hydrogens (tertiary/aromatic N) is 5. The van der Waals surface area contributed by atoms with Crippen LogP contribution in [0.5, 0.6) is 11.5 Å². The molecule has 0 radical (unpaired) electrons. The molecule has 49 heavy (non-hydrogen) atoms. The summed E-state index contributed by atoms with van der Waals surface area (Å²) in [7, 11) is 4.29. The van der Waals surface area contributed by atoms with Crippen molar-refractivity contribution in [3.8, 4) is 27.6 Å². The fraction of sp³-hybridized carbons (Fsp3) is 0.378. The van der Waals surface area contributed by atoms with Crippen LogP contribution in [-0.2, 0) is 0 Å². The maximum Gasteiger partial charge on any atom is 0.262 e. The number of hydrogen-bond acceptors (Lipinski definition) is 9. The van der Waals surface area contributed by atoms with Crippen molar-refractivity contribution < 1.29 is 14.3 Å². The van der Waals surface area contributed by atoms with Gasteiger partial charge in [0.25, 0.3) is 5.91 Å². The second kappa shape index (κ2) is 14.4. The van der Waals surface area contributed by atoms with Crippen LogP contribution < -0.4 is 20.5 Å². The Bertz CT molecular complexity index is 1930. The number of nitrogens with two attached hydrogens (primary N) is 1. The van der Waals surface area contributed by atoms with Crippen LogP contribution in [0.3, 0.4) is 0 Å². The number of carbonyl (C=O) groups excluding carboxylic acids is 1. The van der Waals surface area contributed by atoms with Gasteiger partial charge in [-0.15, -0.1) is 11.3 Å². The molecule has 0 bridgehead atoms. The molecule has 0 saturated carbocycles. The van der Waals surface area contributed by atoms with Crippen LogP contribution in [0.4, 0.5) is 5.82 Å². The molecule has 7 rings (SSSR count). The highest BCUT2D eigenvalue weighted by Gasteiger charge is 2.24. The largest absolute Gasteiger partial charge is 0.489 e. The molecule has 3 aromatic heterocycles. The van der Waals surface area contributed by atoms with Gasteiger partial charge in [0.2, 0.25) is 0 Å². The lowest BCUT2D eigenvalue weighted by Gasteiger charge is -2.30. The molecule has 2 aliphatic heterocycles. The van der Waals surface area contributed by atoms with Gasteiger partial charge in [-0.2, -0.15) is 0 Å². The second-order valence-electron chi connectivity index (χ2n) is 13.2. The third-order valence-electron chi connectivity index (χ3n) is 9.55. The number of fused-ring (bicyclic) bond motifs is 1. The maximum atomic E-state index is 12.6. The lowest BCUT2D eigenvalue weighted by molar-refractivity contribution is 0.0998. The molecule has 5 aromatic rings. The number of piperidine rings is 2. The summed E-state index contributed by atoms with van der Waals surface area (Å²) in [6.07, 6.45) is 7.46. The van der Waals surface area contributed by atoms with Gasteiger partial charge in [-0.3, -0.25) is 9.36 Å². The molecule has 0 aliphatic carbocycles. The first kappa shape index (κ1) is 33.3. The topological polar surface area (TPSA) is 111 Å². The number of primary amides is 1. The minimum absolute atomic E-state index is 0.121. The van der Waals surface area contributed by atoms with Crippen LogP contribution in [0.25, 0.3) is 27.2 Å². The van der Waals surface area contributed by atoms with E-state index in [4.69, 9.17) is 31.8 Å². The molecule has 2 fully saturated rings. The number of thiophene rings is 1. The molecular formula is C37H42ClN7O3S. The normalized spacial score (nSPS) is 17.3. The fourth-order valence-corrected chi connectivity index (χ4v) is 7.84. The SMILES string of the molecule is C[C@@H](Oc1cc(-n2cnc3cc(-c4ccc(NC5CCN(C)CC5)nc4)ccc32)sc1C(N)=O)c1cccc(OC2CCN(C)CC2)c1Cl. The van der Waals surface area contributed by atoms with Gasteiger partial charge in [0, 0.05) is 42.5 Å². The van der Waals surface area contributed by atoms with Crippen molar-refractivity contribution in [2.24, 2.45) is 5.73 Å². The van der Waals surface area contributed by atoms with Gasteiger partial charge < -0.3 is 30.3 Å². The number of rotatable bonds is 10. The number of halogens is 1. The van der Waals surface area contributed by atoms with Crippen molar-refractivity contribution in [3.05, 3.63) is 82.6 Å². The van der Waals surface area contributed by atoms with E-state index in [0.29, 0.717) is 27.4 Å². The summed E-state index contributed by atoms with van der Waals surface area (Å²) in [5.41, 5.74) is 10.4. The number of hydrogen-bond donors (Lipinski definition) is 2. The molecule has 1 atom stereocenters. The third-order valence-corrected chi connectivity index (χ3v) is 11.1. The highest BCUT2D eigenvalue weighted by Crippen LogP contribution is 2.39. The lowest BCUT2D eigenvalue weighted by Crippen LogP contribution is -2.36. The van der Waals surface area contributed by atoms with Gasteiger partial charge in [-0.05, 0) is 95.7 Å². The van der Waals surface area contributed by atoms with Crippen molar-refractivity contribution >= 4 is 45.7 Å². The third kappa shape index (κ3) is 7.40. The van der Waals surface area contributed by atoms with Crippen LogP contribution in [-0.4, -0.2) is 82.7 Å². The Kier molecular flexibility index (Phi) is 9.77. The maximum absolute atomic E-state index is 12.6. The minimum Gasteiger partial charge on any atom is -0.489 e. The van der Waals surface area contributed by atoms with E-state index in [1.54, 1.807) is 6.33 Å². The standard InChI is InChI=1S/C37H42ClN7O3S/c1-23(28-5-4-6-31(35(28)38)48-27-13-17-44(3)18-14-27)47-32-20-34(49-36(32)37(39)46)45-22-41-29-19-24(7-9-30(29)45)25-8-10-33(40-21-25)42-26-11-15-43(2)16-12-26/h4-10,19-23,26-27H,11-18H2,1-3H3,(H2,39,46)(H,40,42)/t23-/m1/s1. The van der Waals surface area contributed by atoms with Gasteiger partial charge in [-0.25, -0.2) is 9.97 Å². The van der Waals surface area contributed by atoms with Crippen LogP contribution in [0.2, 0.25) is 5.02 Å². The van der Waals surface area contributed by atoms with Crippen molar-refractivity contribution in [1.29, 1.82) is 0 Å². The Morgan fingerprint density at radius 1 is 0.959 bits per heavy atom. The van der Waals surface area contributed by atoms with Crippen molar-refractivity contribution in [1.82, 2.24) is 24.3 Å². The van der Waals surface area contributed by atoms with Crippen molar-refractivity contribution in [2.45, 2.75) is 50.9 Å². The molecule has 12 heteroatoms.